The number of ether oxygens (including phenoxy) is 2. The second-order valence-electron chi connectivity index (χ2n) is 6.53. The number of ketones is 1. The highest BCUT2D eigenvalue weighted by atomic mass is 19.3. The molecular weight excluding hydrogens is 377 g/mol. The number of hydrogen-bond acceptors (Lipinski definition) is 7. The lowest BCUT2D eigenvalue weighted by atomic mass is 9.64. The molecular formula is C18H21BF2O7. The van der Waals surface area contributed by atoms with Crippen LogP contribution in [-0.2, 0) is 25.5 Å². The van der Waals surface area contributed by atoms with Crippen LogP contribution in [0.2, 0.25) is 5.82 Å². The van der Waals surface area contributed by atoms with Crippen LogP contribution < -0.4 is 4.65 Å². The van der Waals surface area contributed by atoms with Crippen molar-refractivity contribution in [2.45, 2.75) is 58.1 Å². The molecule has 152 valence electrons. The van der Waals surface area contributed by atoms with Gasteiger partial charge in [-0.05, 0) is 18.1 Å². The largest absolute Gasteiger partial charge is 0.535 e. The molecule has 0 saturated heterocycles. The van der Waals surface area contributed by atoms with Crippen molar-refractivity contribution < 1.29 is 42.3 Å². The van der Waals surface area contributed by atoms with Crippen LogP contribution >= 0.6 is 0 Å². The molecule has 0 bridgehead atoms. The Bertz CT molecular complexity index is 768. The maximum atomic E-state index is 13.5. The number of halogens is 2. The Morgan fingerprint density at radius 2 is 2.04 bits per heavy atom. The summed E-state index contributed by atoms with van der Waals surface area (Å²) in [4.78, 5) is 35.0. The van der Waals surface area contributed by atoms with Crippen molar-refractivity contribution in [2.24, 2.45) is 0 Å². The van der Waals surface area contributed by atoms with E-state index in [0.717, 1.165) is 6.92 Å². The normalized spacial score (nSPS) is 17.2. The van der Waals surface area contributed by atoms with Crippen LogP contribution in [0.1, 0.15) is 49.5 Å². The van der Waals surface area contributed by atoms with Crippen molar-refractivity contribution in [1.82, 2.24) is 0 Å². The van der Waals surface area contributed by atoms with E-state index in [4.69, 9.17) is 14.1 Å². The molecule has 0 spiro atoms. The molecule has 0 aliphatic carbocycles. The second-order valence-corrected chi connectivity index (χ2v) is 6.53. The van der Waals surface area contributed by atoms with Gasteiger partial charge in [-0.1, -0.05) is 19.1 Å². The summed E-state index contributed by atoms with van der Waals surface area (Å²) in [6, 6.07) is 4.53. The van der Waals surface area contributed by atoms with Gasteiger partial charge in [0.15, 0.2) is 0 Å². The van der Waals surface area contributed by atoms with E-state index in [-0.39, 0.29) is 17.7 Å². The molecule has 2 atom stereocenters. The number of fused-ring (bicyclic) bond motifs is 1. The Morgan fingerprint density at radius 1 is 1.36 bits per heavy atom. The van der Waals surface area contributed by atoms with Crippen molar-refractivity contribution in [3.63, 3.8) is 0 Å². The smallest absolute Gasteiger partial charge is 0.526 e. The zero-order valence-electron chi connectivity index (χ0n) is 15.7. The van der Waals surface area contributed by atoms with Gasteiger partial charge < -0.3 is 19.2 Å². The maximum Gasteiger partial charge on any atom is 0.526 e. The number of carbonyl (C=O) groups is 3. The number of alkyl halides is 2. The van der Waals surface area contributed by atoms with Gasteiger partial charge in [-0.3, -0.25) is 9.59 Å². The Labute approximate surface area is 161 Å². The lowest BCUT2D eigenvalue weighted by Gasteiger charge is -2.29. The average Bonchev–Trinajstić information content (AvgIpc) is 2.60. The first-order chi connectivity index (χ1) is 13.0. The minimum atomic E-state index is -3.46. The number of benzene rings is 1. The molecule has 1 heterocycles. The summed E-state index contributed by atoms with van der Waals surface area (Å²) in [5, 5.41) is 10.2. The van der Waals surface area contributed by atoms with E-state index in [1.165, 1.54) is 26.0 Å². The van der Waals surface area contributed by atoms with Crippen LogP contribution in [0, 0.1) is 0 Å². The summed E-state index contributed by atoms with van der Waals surface area (Å²) in [6.07, 6.45) is -2.23. The third-order valence-electron chi connectivity index (χ3n) is 4.34. The standard InChI is InChI=1S/C18H21BF2O7/c1-4-18(20,21)15(23)9-13-8-12-6-5-7-14(16(12)28-19(13)25)17(24)27-11(3)26-10(2)22/h5-7,11,13,25H,4,8-9H2,1-3H3/t11?,13-/m1/s1. The summed E-state index contributed by atoms with van der Waals surface area (Å²) in [7, 11) is -1.54. The molecule has 0 radical (unpaired) electrons. The fraction of sp³-hybridized carbons (Fsp3) is 0.500. The van der Waals surface area contributed by atoms with Gasteiger partial charge in [0, 0.05) is 32.5 Å². The number of carbonyl (C=O) groups excluding carboxylic acids is 3. The van der Waals surface area contributed by atoms with Crippen LogP contribution in [0.4, 0.5) is 8.78 Å². The van der Waals surface area contributed by atoms with Crippen LogP contribution in [0.15, 0.2) is 18.2 Å². The average molecular weight is 398 g/mol. The number of esters is 2. The zero-order chi connectivity index (χ0) is 21.1. The lowest BCUT2D eigenvalue weighted by Crippen LogP contribution is -2.38. The van der Waals surface area contributed by atoms with E-state index in [1.54, 1.807) is 6.07 Å². The lowest BCUT2D eigenvalue weighted by molar-refractivity contribution is -0.162. The Balaban J connectivity index is 2.16. The summed E-state index contributed by atoms with van der Waals surface area (Å²) in [5.41, 5.74) is 0.455. The monoisotopic (exact) mass is 398 g/mol. The van der Waals surface area contributed by atoms with Crippen LogP contribution in [-0.4, -0.2) is 42.1 Å². The van der Waals surface area contributed by atoms with Crippen molar-refractivity contribution in [3.05, 3.63) is 29.3 Å². The molecule has 1 aliphatic rings. The van der Waals surface area contributed by atoms with Gasteiger partial charge >= 0.3 is 25.0 Å². The quantitative estimate of drug-likeness (QED) is 0.428. The topological polar surface area (TPSA) is 99.1 Å². The van der Waals surface area contributed by atoms with Gasteiger partial charge in [0.2, 0.25) is 12.1 Å². The number of hydrogen-bond donors (Lipinski definition) is 1. The van der Waals surface area contributed by atoms with Crippen molar-refractivity contribution in [2.75, 3.05) is 0 Å². The fourth-order valence-electron chi connectivity index (χ4n) is 2.88. The van der Waals surface area contributed by atoms with Crippen molar-refractivity contribution >= 4 is 24.8 Å². The molecule has 2 rings (SSSR count). The molecule has 1 aromatic carbocycles. The van der Waals surface area contributed by atoms with Gasteiger partial charge in [-0.2, -0.15) is 8.78 Å². The Kier molecular flexibility index (Phi) is 6.76. The van der Waals surface area contributed by atoms with E-state index in [0.29, 0.717) is 5.56 Å². The molecule has 7 nitrogen and oxygen atoms in total. The minimum Gasteiger partial charge on any atom is -0.535 e. The SMILES string of the molecule is CCC(F)(F)C(=O)C[C@H]1Cc2cccc(C(=O)OC(C)OC(C)=O)c2OB1O. The van der Waals surface area contributed by atoms with Gasteiger partial charge in [-0.25, -0.2) is 4.79 Å². The molecule has 28 heavy (non-hydrogen) atoms. The predicted octanol–water partition coefficient (Wildman–Crippen LogP) is 2.54. The molecule has 0 aromatic heterocycles. The second kappa shape index (κ2) is 8.68. The van der Waals surface area contributed by atoms with Gasteiger partial charge in [-0.15, -0.1) is 0 Å². The molecule has 10 heteroatoms. The van der Waals surface area contributed by atoms with Gasteiger partial charge in [0.25, 0.3) is 0 Å². The van der Waals surface area contributed by atoms with Crippen LogP contribution in [0.3, 0.4) is 0 Å². The Hall–Kier alpha value is -2.49. The molecule has 1 aliphatic heterocycles. The molecule has 1 aromatic rings. The predicted molar refractivity (Wildman–Crippen MR) is 94.0 cm³/mol. The summed E-state index contributed by atoms with van der Waals surface area (Å²) >= 11 is 0. The highest BCUT2D eigenvalue weighted by Crippen LogP contribution is 2.38. The van der Waals surface area contributed by atoms with E-state index < -0.39 is 55.7 Å². The van der Waals surface area contributed by atoms with Crippen LogP contribution in [0.5, 0.6) is 5.75 Å². The minimum absolute atomic E-state index is 0.0146. The summed E-state index contributed by atoms with van der Waals surface area (Å²) in [6.45, 7) is 3.73. The fourth-order valence-corrected chi connectivity index (χ4v) is 2.88. The highest BCUT2D eigenvalue weighted by molar-refractivity contribution is 6.47. The Morgan fingerprint density at radius 3 is 2.64 bits per heavy atom. The van der Waals surface area contributed by atoms with Gasteiger partial charge in [0.1, 0.15) is 11.3 Å². The molecule has 1 N–H and O–H groups in total. The van der Waals surface area contributed by atoms with E-state index in [1.807, 2.05) is 0 Å². The highest BCUT2D eigenvalue weighted by Gasteiger charge is 2.43. The number of rotatable bonds is 7. The first-order valence-corrected chi connectivity index (χ1v) is 8.81. The zero-order valence-corrected chi connectivity index (χ0v) is 15.7. The maximum absolute atomic E-state index is 13.5. The van der Waals surface area contributed by atoms with E-state index in [2.05, 4.69) is 0 Å². The van der Waals surface area contributed by atoms with Crippen molar-refractivity contribution in [3.8, 4) is 5.75 Å². The summed E-state index contributed by atoms with van der Waals surface area (Å²) in [5.74, 6) is -7.02. The van der Waals surface area contributed by atoms with E-state index in [9.17, 15) is 28.2 Å². The number of para-hydroxylation sites is 1. The van der Waals surface area contributed by atoms with E-state index >= 15 is 0 Å². The van der Waals surface area contributed by atoms with Crippen molar-refractivity contribution in [1.29, 1.82) is 0 Å². The van der Waals surface area contributed by atoms with Crippen LogP contribution in [0.25, 0.3) is 0 Å². The number of Topliss-reactive ketones (excluding diaryl/α,β-unsaturated/α-hetero) is 1. The first kappa shape index (κ1) is 21.8. The third-order valence-corrected chi connectivity index (χ3v) is 4.34. The van der Waals surface area contributed by atoms with Gasteiger partial charge in [0.05, 0.1) is 0 Å². The molecule has 0 fully saturated rings. The first-order valence-electron chi connectivity index (χ1n) is 8.81. The third kappa shape index (κ3) is 5.06. The molecule has 0 amide bonds. The molecule has 1 unspecified atom stereocenters. The molecule has 0 saturated carbocycles. The summed E-state index contributed by atoms with van der Waals surface area (Å²) < 4.78 is 42.2.